The number of benzene rings is 2. The number of amides is 1. The highest BCUT2D eigenvalue weighted by Crippen LogP contribution is 2.31. The fourth-order valence-corrected chi connectivity index (χ4v) is 2.79. The standard InChI is InChI=1S/C18H15N3O3/c22-12-6-7-15-13(10-12)16-14(8-9-19-18(23)17(16)24-15)21-20-11-4-2-1-3-5-11/h1-7,10,20,22H,8-9H2,(H,19,23)/b21-14+. The lowest BCUT2D eigenvalue weighted by Crippen LogP contribution is -2.22. The van der Waals surface area contributed by atoms with E-state index in [2.05, 4.69) is 15.8 Å². The maximum Gasteiger partial charge on any atom is 0.287 e. The van der Waals surface area contributed by atoms with Crippen LogP contribution < -0.4 is 10.7 Å². The Morgan fingerprint density at radius 2 is 2.00 bits per heavy atom. The zero-order chi connectivity index (χ0) is 16.5. The number of hydrogen-bond acceptors (Lipinski definition) is 5. The summed E-state index contributed by atoms with van der Waals surface area (Å²) in [5, 5.41) is 17.7. The molecule has 6 nitrogen and oxygen atoms in total. The fraction of sp³-hybridized carbons (Fsp3) is 0.111. The molecule has 4 rings (SSSR count). The maximum atomic E-state index is 12.2. The van der Waals surface area contributed by atoms with Gasteiger partial charge in [-0.15, -0.1) is 0 Å². The van der Waals surface area contributed by atoms with Crippen LogP contribution >= 0.6 is 0 Å². The molecule has 0 saturated carbocycles. The van der Waals surface area contributed by atoms with Gasteiger partial charge in [0, 0.05) is 18.4 Å². The molecule has 6 heteroatoms. The van der Waals surface area contributed by atoms with Crippen LogP contribution in [0.15, 0.2) is 58.0 Å². The van der Waals surface area contributed by atoms with E-state index in [0.29, 0.717) is 35.2 Å². The summed E-state index contributed by atoms with van der Waals surface area (Å²) in [5.41, 5.74) is 5.74. The van der Waals surface area contributed by atoms with Gasteiger partial charge in [-0.25, -0.2) is 0 Å². The van der Waals surface area contributed by atoms with Crippen molar-refractivity contribution in [2.45, 2.75) is 6.42 Å². The van der Waals surface area contributed by atoms with Gasteiger partial charge in [0.05, 0.1) is 17.0 Å². The molecule has 0 atom stereocenters. The van der Waals surface area contributed by atoms with E-state index >= 15 is 0 Å². The lowest BCUT2D eigenvalue weighted by molar-refractivity contribution is 0.0931. The number of hydrogen-bond donors (Lipinski definition) is 3. The minimum absolute atomic E-state index is 0.117. The number of phenols is 1. The molecule has 0 saturated heterocycles. The molecule has 0 unspecified atom stereocenters. The average molecular weight is 321 g/mol. The molecule has 24 heavy (non-hydrogen) atoms. The third kappa shape index (κ3) is 2.48. The Morgan fingerprint density at radius 1 is 1.17 bits per heavy atom. The van der Waals surface area contributed by atoms with Crippen molar-refractivity contribution in [3.8, 4) is 5.75 Å². The number of rotatable bonds is 2. The van der Waals surface area contributed by atoms with E-state index in [1.54, 1.807) is 12.1 Å². The number of anilines is 1. The average Bonchev–Trinajstić information content (AvgIpc) is 2.89. The molecule has 0 fully saturated rings. The molecule has 0 aliphatic carbocycles. The first-order valence-corrected chi connectivity index (χ1v) is 7.64. The number of nitrogens with one attached hydrogen (secondary N) is 2. The third-order valence-electron chi connectivity index (χ3n) is 3.91. The van der Waals surface area contributed by atoms with Gasteiger partial charge in [-0.1, -0.05) is 18.2 Å². The molecule has 0 radical (unpaired) electrons. The first kappa shape index (κ1) is 14.3. The molecule has 3 aromatic rings. The molecule has 1 aliphatic heterocycles. The summed E-state index contributed by atoms with van der Waals surface area (Å²) in [7, 11) is 0. The zero-order valence-corrected chi connectivity index (χ0v) is 12.7. The predicted molar refractivity (Wildman–Crippen MR) is 91.4 cm³/mol. The fourth-order valence-electron chi connectivity index (χ4n) is 2.79. The number of carbonyl (C=O) groups excluding carboxylic acids is 1. The number of hydrazone groups is 1. The summed E-state index contributed by atoms with van der Waals surface area (Å²) in [4.78, 5) is 12.2. The highest BCUT2D eigenvalue weighted by molar-refractivity contribution is 6.18. The van der Waals surface area contributed by atoms with Crippen LogP contribution in [0.2, 0.25) is 0 Å². The Hall–Kier alpha value is -3.28. The van der Waals surface area contributed by atoms with Crippen LogP contribution in [0.5, 0.6) is 5.75 Å². The van der Waals surface area contributed by atoms with Crippen molar-refractivity contribution in [2.24, 2.45) is 5.10 Å². The summed E-state index contributed by atoms with van der Waals surface area (Å²) >= 11 is 0. The van der Waals surface area contributed by atoms with Crippen LogP contribution in [0.3, 0.4) is 0 Å². The van der Waals surface area contributed by atoms with E-state index in [9.17, 15) is 9.90 Å². The predicted octanol–water partition coefficient (Wildman–Crippen LogP) is 3.09. The van der Waals surface area contributed by atoms with Gasteiger partial charge in [-0.3, -0.25) is 10.2 Å². The summed E-state index contributed by atoms with van der Waals surface area (Å²) < 4.78 is 5.69. The maximum absolute atomic E-state index is 12.2. The van der Waals surface area contributed by atoms with Crippen molar-refractivity contribution in [2.75, 3.05) is 12.0 Å². The number of fused-ring (bicyclic) bond motifs is 3. The van der Waals surface area contributed by atoms with Crippen LogP contribution in [0.4, 0.5) is 5.69 Å². The Labute approximate surface area is 137 Å². The first-order chi connectivity index (χ1) is 11.7. The number of nitrogens with zero attached hydrogens (tertiary/aromatic N) is 1. The van der Waals surface area contributed by atoms with Crippen LogP contribution in [-0.4, -0.2) is 23.3 Å². The second-order valence-electron chi connectivity index (χ2n) is 5.53. The van der Waals surface area contributed by atoms with E-state index in [0.717, 1.165) is 5.69 Å². The van der Waals surface area contributed by atoms with Gasteiger partial charge in [-0.05, 0) is 30.3 Å². The number of phenolic OH excluding ortho intramolecular Hbond substituents is 1. The number of para-hydroxylation sites is 1. The second-order valence-corrected chi connectivity index (χ2v) is 5.53. The number of furan rings is 1. The summed E-state index contributed by atoms with van der Waals surface area (Å²) in [6.45, 7) is 0.471. The Balaban J connectivity index is 1.84. The van der Waals surface area contributed by atoms with E-state index in [4.69, 9.17) is 4.42 Å². The van der Waals surface area contributed by atoms with Crippen molar-refractivity contribution in [3.63, 3.8) is 0 Å². The van der Waals surface area contributed by atoms with Crippen molar-refractivity contribution < 1.29 is 14.3 Å². The lowest BCUT2D eigenvalue weighted by Gasteiger charge is -2.05. The molecule has 1 amide bonds. The van der Waals surface area contributed by atoms with Gasteiger partial charge in [0.25, 0.3) is 5.91 Å². The van der Waals surface area contributed by atoms with Gasteiger partial charge in [0.2, 0.25) is 5.76 Å². The molecule has 0 spiro atoms. The van der Waals surface area contributed by atoms with E-state index < -0.39 is 0 Å². The number of aromatic hydroxyl groups is 1. The van der Waals surface area contributed by atoms with E-state index in [1.807, 2.05) is 30.3 Å². The first-order valence-electron chi connectivity index (χ1n) is 7.64. The highest BCUT2D eigenvalue weighted by atomic mass is 16.3. The van der Waals surface area contributed by atoms with Crippen molar-refractivity contribution in [3.05, 3.63) is 59.9 Å². The normalized spacial score (nSPS) is 15.8. The molecule has 2 heterocycles. The third-order valence-corrected chi connectivity index (χ3v) is 3.91. The molecule has 1 aromatic heterocycles. The van der Waals surface area contributed by atoms with Gasteiger partial charge >= 0.3 is 0 Å². The molecule has 2 aromatic carbocycles. The molecule has 1 aliphatic rings. The van der Waals surface area contributed by atoms with Gasteiger partial charge in [-0.2, -0.15) is 5.10 Å². The van der Waals surface area contributed by atoms with Crippen LogP contribution in [0.1, 0.15) is 22.5 Å². The summed E-state index contributed by atoms with van der Waals surface area (Å²) in [6, 6.07) is 14.3. The highest BCUT2D eigenvalue weighted by Gasteiger charge is 2.27. The lowest BCUT2D eigenvalue weighted by atomic mass is 10.0. The van der Waals surface area contributed by atoms with E-state index in [1.165, 1.54) is 6.07 Å². The minimum atomic E-state index is -0.273. The van der Waals surface area contributed by atoms with Gasteiger partial charge in [0.1, 0.15) is 11.3 Å². The molecule has 3 N–H and O–H groups in total. The Bertz CT molecular complexity index is 945. The minimum Gasteiger partial charge on any atom is -0.508 e. The van der Waals surface area contributed by atoms with Crippen LogP contribution in [0.25, 0.3) is 11.0 Å². The summed E-state index contributed by atoms with van der Waals surface area (Å²) in [5.74, 6) is 0.0680. The van der Waals surface area contributed by atoms with Gasteiger partial charge < -0.3 is 14.8 Å². The Kier molecular flexibility index (Phi) is 3.42. The molecular formula is C18H15N3O3. The SMILES string of the molecule is O=C1NCC/C(=N\Nc2ccccc2)c2c1oc1ccc(O)cc21. The largest absolute Gasteiger partial charge is 0.508 e. The monoisotopic (exact) mass is 321 g/mol. The molecular weight excluding hydrogens is 306 g/mol. The summed E-state index contributed by atoms with van der Waals surface area (Å²) in [6.07, 6.45) is 0.558. The van der Waals surface area contributed by atoms with Gasteiger partial charge in [0.15, 0.2) is 0 Å². The quantitative estimate of drug-likeness (QED) is 0.633. The van der Waals surface area contributed by atoms with Crippen LogP contribution in [-0.2, 0) is 0 Å². The molecule has 0 bridgehead atoms. The van der Waals surface area contributed by atoms with Crippen LogP contribution in [0, 0.1) is 0 Å². The second kappa shape index (κ2) is 5.73. The number of carbonyl (C=O) groups is 1. The smallest absolute Gasteiger partial charge is 0.287 e. The molecule has 120 valence electrons. The van der Waals surface area contributed by atoms with Crippen molar-refractivity contribution >= 4 is 28.3 Å². The van der Waals surface area contributed by atoms with Crippen molar-refractivity contribution in [1.29, 1.82) is 0 Å². The van der Waals surface area contributed by atoms with Crippen molar-refractivity contribution in [1.82, 2.24) is 5.32 Å². The topological polar surface area (TPSA) is 86.9 Å². The zero-order valence-electron chi connectivity index (χ0n) is 12.7. The van der Waals surface area contributed by atoms with E-state index in [-0.39, 0.29) is 17.4 Å². The Morgan fingerprint density at radius 3 is 2.83 bits per heavy atom.